The maximum atomic E-state index is 13.2. The highest BCUT2D eigenvalue weighted by Crippen LogP contribution is 2.31. The normalized spacial score (nSPS) is 20.1. The van der Waals surface area contributed by atoms with E-state index in [0.717, 1.165) is 51.6 Å². The van der Waals surface area contributed by atoms with Crippen molar-refractivity contribution < 1.29 is 9.90 Å². The summed E-state index contributed by atoms with van der Waals surface area (Å²) >= 11 is 0. The van der Waals surface area contributed by atoms with Gasteiger partial charge >= 0.3 is 0 Å². The van der Waals surface area contributed by atoms with Gasteiger partial charge in [-0.25, -0.2) is 0 Å². The topological polar surface area (TPSA) is 109 Å². The van der Waals surface area contributed by atoms with E-state index in [1.165, 1.54) is 0 Å². The second-order valence-electron chi connectivity index (χ2n) is 9.90. The molecule has 6 rings (SSSR count). The van der Waals surface area contributed by atoms with Gasteiger partial charge in [0.25, 0.3) is 5.91 Å². The first-order chi connectivity index (χ1) is 17.5. The lowest BCUT2D eigenvalue weighted by Gasteiger charge is -2.37. The number of aliphatic hydroxyl groups is 1. The molecule has 0 spiro atoms. The van der Waals surface area contributed by atoms with Crippen LogP contribution in [-0.4, -0.2) is 47.6 Å². The Bertz CT molecular complexity index is 1540. The summed E-state index contributed by atoms with van der Waals surface area (Å²) in [5.74, 6) is -0.144. The van der Waals surface area contributed by atoms with Gasteiger partial charge in [0.15, 0.2) is 0 Å². The van der Waals surface area contributed by atoms with Gasteiger partial charge in [-0.1, -0.05) is 18.2 Å². The lowest BCUT2D eigenvalue weighted by molar-refractivity contribution is -0.0235. The first kappa shape index (κ1) is 22.4. The zero-order valence-electron chi connectivity index (χ0n) is 20.1. The number of fused-ring (bicyclic) bond motifs is 2. The molecule has 3 heterocycles. The number of aromatic nitrogens is 5. The van der Waals surface area contributed by atoms with Gasteiger partial charge in [-0.05, 0) is 69.0 Å². The molecule has 1 aliphatic carbocycles. The molecule has 36 heavy (non-hydrogen) atoms. The number of nitrogens with zero attached hydrogens (tertiary/aromatic N) is 4. The van der Waals surface area contributed by atoms with Crippen molar-refractivity contribution in [2.24, 2.45) is 0 Å². The first-order valence-corrected chi connectivity index (χ1v) is 12.3. The largest absolute Gasteiger partial charge is 0.388 e. The molecular weight excluding hydrogens is 452 g/mol. The minimum atomic E-state index is -0.918. The van der Waals surface area contributed by atoms with E-state index in [-0.39, 0.29) is 11.9 Å². The Balaban J connectivity index is 1.18. The van der Waals surface area contributed by atoms with Crippen LogP contribution < -0.4 is 5.32 Å². The van der Waals surface area contributed by atoms with Crippen LogP contribution in [-0.2, 0) is 6.54 Å². The molecule has 3 N–H and O–H groups in total. The van der Waals surface area contributed by atoms with Gasteiger partial charge in [0.2, 0.25) is 0 Å². The maximum Gasteiger partial charge on any atom is 0.251 e. The standard InChI is InChI=1S/C28H28N6O2/c1-18-13-19(10-12-29-18)26-23-14-20(8-9-25(23)31-32-26)27(35)30-22-6-4-11-28(36,15-22)17-34-16-21-5-2-3-7-24(21)33-34/h2-3,5,7-10,12-14,16,22,36H,4,6,11,15,17H2,1H3,(H,30,35)(H,31,32)/t22-,28+/m1/s1. The van der Waals surface area contributed by atoms with Gasteiger partial charge in [-0.15, -0.1) is 0 Å². The van der Waals surface area contributed by atoms with Crippen LogP contribution in [0.2, 0.25) is 0 Å². The number of pyridine rings is 1. The third-order valence-electron chi connectivity index (χ3n) is 7.07. The average molecular weight is 481 g/mol. The molecule has 5 aromatic rings. The van der Waals surface area contributed by atoms with E-state index >= 15 is 0 Å². The van der Waals surface area contributed by atoms with Crippen molar-refractivity contribution in [2.45, 2.75) is 50.8 Å². The van der Waals surface area contributed by atoms with Crippen LogP contribution in [0.25, 0.3) is 33.1 Å². The van der Waals surface area contributed by atoms with Crippen LogP contribution in [0.5, 0.6) is 0 Å². The number of hydrogen-bond acceptors (Lipinski definition) is 5. The molecule has 3 aromatic heterocycles. The molecule has 1 amide bonds. The summed E-state index contributed by atoms with van der Waals surface area (Å²) < 4.78 is 1.82. The predicted molar refractivity (Wildman–Crippen MR) is 138 cm³/mol. The number of carbonyl (C=O) groups is 1. The molecule has 0 aliphatic heterocycles. The van der Waals surface area contributed by atoms with Gasteiger partial charge in [0, 0.05) is 46.0 Å². The quantitative estimate of drug-likeness (QED) is 0.346. The number of benzene rings is 2. The van der Waals surface area contributed by atoms with Crippen molar-refractivity contribution in [1.82, 2.24) is 30.3 Å². The Hall–Kier alpha value is -4.04. The number of rotatable bonds is 5. The summed E-state index contributed by atoms with van der Waals surface area (Å²) in [5.41, 5.74) is 4.10. The number of aromatic amines is 1. The Labute approximate surface area is 208 Å². The van der Waals surface area contributed by atoms with E-state index < -0.39 is 5.60 Å². The van der Waals surface area contributed by atoms with Crippen molar-refractivity contribution in [1.29, 1.82) is 0 Å². The Kier molecular flexibility index (Phi) is 5.53. The number of carbonyl (C=O) groups excluding carboxylic acids is 1. The molecule has 2 aromatic carbocycles. The van der Waals surface area contributed by atoms with Crippen LogP contribution in [0.1, 0.15) is 41.7 Å². The summed E-state index contributed by atoms with van der Waals surface area (Å²) in [4.78, 5) is 17.5. The van der Waals surface area contributed by atoms with Crippen molar-refractivity contribution in [3.8, 4) is 11.3 Å². The van der Waals surface area contributed by atoms with E-state index in [1.54, 1.807) is 6.20 Å². The molecule has 2 atom stereocenters. The highest BCUT2D eigenvalue weighted by atomic mass is 16.3. The second kappa shape index (κ2) is 8.87. The smallest absolute Gasteiger partial charge is 0.251 e. The monoisotopic (exact) mass is 480 g/mol. The molecule has 8 nitrogen and oxygen atoms in total. The Morgan fingerprint density at radius 3 is 2.97 bits per heavy atom. The fourth-order valence-corrected chi connectivity index (χ4v) is 5.34. The Morgan fingerprint density at radius 2 is 2.11 bits per heavy atom. The lowest BCUT2D eigenvalue weighted by Crippen LogP contribution is -2.47. The van der Waals surface area contributed by atoms with E-state index in [9.17, 15) is 9.90 Å². The molecule has 1 saturated carbocycles. The van der Waals surface area contributed by atoms with Crippen molar-refractivity contribution in [3.63, 3.8) is 0 Å². The summed E-state index contributed by atoms with van der Waals surface area (Å²) in [6.07, 6.45) is 6.59. The van der Waals surface area contributed by atoms with Crippen LogP contribution >= 0.6 is 0 Å². The van der Waals surface area contributed by atoms with Crippen molar-refractivity contribution in [2.75, 3.05) is 0 Å². The van der Waals surface area contributed by atoms with Gasteiger partial charge in [0.1, 0.15) is 5.69 Å². The molecule has 0 radical (unpaired) electrons. The zero-order chi connectivity index (χ0) is 24.7. The number of aryl methyl sites for hydroxylation is 1. The highest BCUT2D eigenvalue weighted by Gasteiger charge is 2.36. The summed E-state index contributed by atoms with van der Waals surface area (Å²) in [6, 6.07) is 17.3. The average Bonchev–Trinajstić information content (AvgIpc) is 3.46. The molecule has 0 unspecified atom stereocenters. The van der Waals surface area contributed by atoms with Gasteiger partial charge < -0.3 is 10.4 Å². The number of amides is 1. The van der Waals surface area contributed by atoms with Gasteiger partial charge in [-0.3, -0.25) is 19.6 Å². The van der Waals surface area contributed by atoms with E-state index in [1.807, 2.05) is 72.4 Å². The highest BCUT2D eigenvalue weighted by molar-refractivity contribution is 6.01. The van der Waals surface area contributed by atoms with Gasteiger partial charge in [0.05, 0.1) is 23.2 Å². The van der Waals surface area contributed by atoms with E-state index in [4.69, 9.17) is 0 Å². The van der Waals surface area contributed by atoms with Crippen LogP contribution in [0.15, 0.2) is 67.0 Å². The molecule has 0 bridgehead atoms. The predicted octanol–water partition coefficient (Wildman–Crippen LogP) is 4.39. The molecule has 1 aliphatic rings. The maximum absolute atomic E-state index is 13.2. The third-order valence-corrected chi connectivity index (χ3v) is 7.07. The van der Waals surface area contributed by atoms with Crippen molar-refractivity contribution >= 4 is 27.7 Å². The fourth-order valence-electron chi connectivity index (χ4n) is 5.34. The zero-order valence-corrected chi connectivity index (χ0v) is 20.1. The first-order valence-electron chi connectivity index (χ1n) is 12.3. The molecule has 8 heteroatoms. The molecule has 1 fully saturated rings. The lowest BCUT2D eigenvalue weighted by atomic mass is 9.81. The second-order valence-corrected chi connectivity index (χ2v) is 9.90. The minimum absolute atomic E-state index is 0.108. The minimum Gasteiger partial charge on any atom is -0.388 e. The SMILES string of the molecule is Cc1cc(-c2n[nH]c3ccc(C(=O)N[C@@H]4CCC[C@@](O)(Cn5cc6ccccc6n5)C4)cc23)ccn1. The molecule has 182 valence electrons. The van der Waals surface area contributed by atoms with Crippen LogP contribution in [0.3, 0.4) is 0 Å². The summed E-state index contributed by atoms with van der Waals surface area (Å²) in [7, 11) is 0. The fraction of sp³-hybridized carbons (Fsp3) is 0.286. The van der Waals surface area contributed by atoms with Crippen LogP contribution in [0, 0.1) is 6.92 Å². The van der Waals surface area contributed by atoms with E-state index in [2.05, 4.69) is 25.6 Å². The number of nitrogens with one attached hydrogen (secondary N) is 2. The Morgan fingerprint density at radius 1 is 1.22 bits per heavy atom. The summed E-state index contributed by atoms with van der Waals surface area (Å²) in [6.45, 7) is 2.35. The van der Waals surface area contributed by atoms with Crippen LogP contribution in [0.4, 0.5) is 0 Å². The number of H-pyrrole nitrogens is 1. The van der Waals surface area contributed by atoms with Crippen molar-refractivity contribution in [3.05, 3.63) is 78.2 Å². The van der Waals surface area contributed by atoms with Gasteiger partial charge in [-0.2, -0.15) is 10.2 Å². The number of hydrogen-bond donors (Lipinski definition) is 3. The molecular formula is C28H28N6O2. The third kappa shape index (κ3) is 4.35. The summed E-state index contributed by atoms with van der Waals surface area (Å²) in [5, 5.41) is 28.6. The molecule has 0 saturated heterocycles. The van der Waals surface area contributed by atoms with E-state index in [0.29, 0.717) is 24.9 Å².